The van der Waals surface area contributed by atoms with E-state index in [2.05, 4.69) is 0 Å². The molecule has 0 aromatic heterocycles. The summed E-state index contributed by atoms with van der Waals surface area (Å²) in [7, 11) is -3.98. The molecule has 2 atom stereocenters. The Labute approximate surface area is 213 Å². The molecule has 0 bridgehead atoms. The fraction of sp³-hybridized carbons (Fsp3) is 0.231. The number of morpholine rings is 1. The van der Waals surface area contributed by atoms with Gasteiger partial charge in [-0.2, -0.15) is 4.31 Å². The van der Waals surface area contributed by atoms with E-state index in [-0.39, 0.29) is 52.3 Å². The van der Waals surface area contributed by atoms with Crippen LogP contribution in [-0.2, 0) is 14.8 Å². The number of carbonyl (C=O) groups excluding carboxylic acids is 2. The minimum Gasteiger partial charge on any atom is -0.423 e. The van der Waals surface area contributed by atoms with E-state index in [0.29, 0.717) is 11.1 Å². The molecule has 1 fully saturated rings. The van der Waals surface area contributed by atoms with Gasteiger partial charge in [-0.05, 0) is 80.6 Å². The number of hydrogen-bond acceptors (Lipinski definition) is 6. The number of halogens is 2. The minimum absolute atomic E-state index is 0.00111. The quantitative estimate of drug-likeness (QED) is 0.259. The van der Waals surface area contributed by atoms with Crippen molar-refractivity contribution in [2.45, 2.75) is 31.0 Å². The van der Waals surface area contributed by atoms with Gasteiger partial charge in [0, 0.05) is 24.2 Å². The third-order valence-electron chi connectivity index (χ3n) is 5.60. The molecular weight excluding hydrogens is 509 g/mol. The first-order valence-electron chi connectivity index (χ1n) is 11.1. The van der Waals surface area contributed by atoms with Gasteiger partial charge >= 0.3 is 5.97 Å². The molecule has 1 aliphatic heterocycles. The number of rotatable bonds is 6. The van der Waals surface area contributed by atoms with Crippen LogP contribution in [0, 0.1) is 5.82 Å². The van der Waals surface area contributed by atoms with Gasteiger partial charge in [0.1, 0.15) is 16.5 Å². The van der Waals surface area contributed by atoms with Gasteiger partial charge in [-0.15, -0.1) is 0 Å². The maximum absolute atomic E-state index is 13.3. The maximum Gasteiger partial charge on any atom is 0.343 e. The predicted molar refractivity (Wildman–Crippen MR) is 131 cm³/mol. The van der Waals surface area contributed by atoms with Crippen molar-refractivity contribution in [1.82, 2.24) is 4.31 Å². The van der Waals surface area contributed by atoms with Crippen molar-refractivity contribution in [1.29, 1.82) is 0 Å². The highest BCUT2D eigenvalue weighted by atomic mass is 35.5. The summed E-state index contributed by atoms with van der Waals surface area (Å²) < 4.78 is 51.9. The molecule has 1 aliphatic rings. The van der Waals surface area contributed by atoms with Crippen molar-refractivity contribution < 1.29 is 31.9 Å². The van der Waals surface area contributed by atoms with E-state index in [1.807, 2.05) is 0 Å². The van der Waals surface area contributed by atoms with E-state index >= 15 is 0 Å². The maximum atomic E-state index is 13.3. The van der Waals surface area contributed by atoms with Gasteiger partial charge in [0.15, 0.2) is 5.78 Å². The lowest BCUT2D eigenvalue weighted by Crippen LogP contribution is -2.48. The Hall–Kier alpha value is -3.11. The highest BCUT2D eigenvalue weighted by Gasteiger charge is 2.34. The lowest BCUT2D eigenvalue weighted by molar-refractivity contribution is -0.0440. The summed E-state index contributed by atoms with van der Waals surface area (Å²) in [5.41, 5.74) is 0.647. The van der Waals surface area contributed by atoms with Crippen molar-refractivity contribution >= 4 is 33.4 Å². The zero-order valence-electron chi connectivity index (χ0n) is 19.5. The third-order valence-corrected chi connectivity index (χ3v) is 7.92. The van der Waals surface area contributed by atoms with Crippen LogP contribution in [0.5, 0.6) is 5.75 Å². The number of esters is 1. The molecule has 188 valence electrons. The Bertz CT molecular complexity index is 1380. The molecule has 0 radical (unpaired) electrons. The van der Waals surface area contributed by atoms with E-state index in [4.69, 9.17) is 21.1 Å². The van der Waals surface area contributed by atoms with Gasteiger partial charge in [-0.1, -0.05) is 11.6 Å². The number of sulfonamides is 1. The first kappa shape index (κ1) is 26.0. The standard InChI is InChI=1S/C26H23ClFNO6S/c1-16-14-29(15-17(2)34-16)36(32,33)24-13-20(7-12-23(24)27)26(31)35-22-10-5-19(6-11-22)25(30)18-3-8-21(28)9-4-18/h3-13,16-17H,14-15H2,1-2H3/t16-,17-/m1/s1. The summed E-state index contributed by atoms with van der Waals surface area (Å²) >= 11 is 6.20. The van der Waals surface area contributed by atoms with E-state index in [9.17, 15) is 22.4 Å². The molecule has 36 heavy (non-hydrogen) atoms. The second-order valence-electron chi connectivity index (χ2n) is 8.47. The zero-order valence-corrected chi connectivity index (χ0v) is 21.1. The Balaban J connectivity index is 1.51. The van der Waals surface area contributed by atoms with Crippen LogP contribution in [0.3, 0.4) is 0 Å². The first-order valence-corrected chi connectivity index (χ1v) is 12.9. The second-order valence-corrected chi connectivity index (χ2v) is 10.8. The molecule has 3 aromatic carbocycles. The topological polar surface area (TPSA) is 90.0 Å². The summed E-state index contributed by atoms with van der Waals surface area (Å²) in [6.45, 7) is 3.90. The molecule has 0 saturated carbocycles. The molecular formula is C26H23ClFNO6S. The van der Waals surface area contributed by atoms with Crippen molar-refractivity contribution in [3.05, 3.63) is 94.3 Å². The van der Waals surface area contributed by atoms with E-state index in [1.54, 1.807) is 13.8 Å². The van der Waals surface area contributed by atoms with Gasteiger partial charge in [-0.25, -0.2) is 17.6 Å². The Morgan fingerprint density at radius 1 is 0.917 bits per heavy atom. The summed E-state index contributed by atoms with van der Waals surface area (Å²) in [6.07, 6.45) is -0.568. The summed E-state index contributed by atoms with van der Waals surface area (Å²) in [6, 6.07) is 14.9. The molecule has 0 unspecified atom stereocenters. The van der Waals surface area contributed by atoms with Crippen molar-refractivity contribution in [2.75, 3.05) is 13.1 Å². The third kappa shape index (κ3) is 5.65. The first-order chi connectivity index (χ1) is 17.0. The summed E-state index contributed by atoms with van der Waals surface area (Å²) in [4.78, 5) is 25.1. The largest absolute Gasteiger partial charge is 0.423 e. The molecule has 0 spiro atoms. The monoisotopic (exact) mass is 531 g/mol. The average molecular weight is 532 g/mol. The van der Waals surface area contributed by atoms with Crippen LogP contribution < -0.4 is 4.74 Å². The van der Waals surface area contributed by atoms with Crippen molar-refractivity contribution in [3.8, 4) is 5.75 Å². The lowest BCUT2D eigenvalue weighted by atomic mass is 10.0. The summed E-state index contributed by atoms with van der Waals surface area (Å²) in [5, 5.41) is -0.0120. The molecule has 1 heterocycles. The molecule has 7 nitrogen and oxygen atoms in total. The fourth-order valence-corrected chi connectivity index (χ4v) is 5.99. The number of hydrogen-bond donors (Lipinski definition) is 0. The molecule has 0 amide bonds. The van der Waals surface area contributed by atoms with Crippen LogP contribution in [0.1, 0.15) is 40.1 Å². The fourth-order valence-electron chi connectivity index (χ4n) is 3.90. The average Bonchev–Trinajstić information content (AvgIpc) is 2.84. The molecule has 10 heteroatoms. The van der Waals surface area contributed by atoms with Gasteiger partial charge in [0.25, 0.3) is 0 Å². The number of ether oxygens (including phenoxy) is 2. The second kappa shape index (κ2) is 10.5. The zero-order chi connectivity index (χ0) is 26.0. The molecule has 0 N–H and O–H groups in total. The van der Waals surface area contributed by atoms with Gasteiger partial charge in [0.2, 0.25) is 10.0 Å². The minimum atomic E-state index is -3.98. The highest BCUT2D eigenvalue weighted by Crippen LogP contribution is 2.28. The van der Waals surface area contributed by atoms with Crippen LogP contribution in [0.15, 0.2) is 71.6 Å². The van der Waals surface area contributed by atoms with Crippen LogP contribution in [0.2, 0.25) is 5.02 Å². The number of ketones is 1. The van der Waals surface area contributed by atoms with Gasteiger partial charge < -0.3 is 9.47 Å². The molecule has 3 aromatic rings. The lowest BCUT2D eigenvalue weighted by Gasteiger charge is -2.34. The highest BCUT2D eigenvalue weighted by molar-refractivity contribution is 7.89. The van der Waals surface area contributed by atoms with E-state index < -0.39 is 21.8 Å². The van der Waals surface area contributed by atoms with Crippen LogP contribution >= 0.6 is 11.6 Å². The summed E-state index contributed by atoms with van der Waals surface area (Å²) in [5.74, 6) is -1.39. The number of nitrogens with zero attached hydrogens (tertiary/aromatic N) is 1. The number of carbonyl (C=O) groups is 2. The molecule has 0 aliphatic carbocycles. The predicted octanol–water partition coefficient (Wildman–Crippen LogP) is 4.73. The smallest absolute Gasteiger partial charge is 0.343 e. The van der Waals surface area contributed by atoms with E-state index in [0.717, 1.165) is 0 Å². The van der Waals surface area contributed by atoms with Gasteiger partial charge in [0.05, 0.1) is 22.8 Å². The molecule has 4 rings (SSSR count). The SMILES string of the molecule is C[C@@H]1CN(S(=O)(=O)c2cc(C(=O)Oc3ccc(C(=O)c4ccc(F)cc4)cc3)ccc2Cl)C[C@@H](C)O1. The van der Waals surface area contributed by atoms with Crippen LogP contribution in [0.25, 0.3) is 0 Å². The normalized spacial score (nSPS) is 18.6. The van der Waals surface area contributed by atoms with Crippen molar-refractivity contribution in [3.63, 3.8) is 0 Å². The van der Waals surface area contributed by atoms with E-state index in [1.165, 1.54) is 71.0 Å². The number of benzene rings is 3. The molecule has 1 saturated heterocycles. The Morgan fingerprint density at radius 3 is 2.03 bits per heavy atom. The van der Waals surface area contributed by atoms with Crippen molar-refractivity contribution in [2.24, 2.45) is 0 Å². The van der Waals surface area contributed by atoms with Crippen LogP contribution in [0.4, 0.5) is 4.39 Å². The van der Waals surface area contributed by atoms with Crippen LogP contribution in [-0.4, -0.2) is 49.8 Å². The Morgan fingerprint density at radius 2 is 1.44 bits per heavy atom. The Kier molecular flexibility index (Phi) is 7.56. The van der Waals surface area contributed by atoms with Gasteiger partial charge in [-0.3, -0.25) is 4.79 Å².